The topological polar surface area (TPSA) is 76.1 Å². The molecule has 6 nitrogen and oxygen atoms in total. The summed E-state index contributed by atoms with van der Waals surface area (Å²) in [6.07, 6.45) is 2.90. The number of nitrogens with zero attached hydrogens (tertiary/aromatic N) is 2. The first kappa shape index (κ1) is 17.7. The molecule has 3 aromatic rings. The lowest BCUT2D eigenvalue weighted by Gasteiger charge is -2.11. The van der Waals surface area contributed by atoms with E-state index in [1.165, 1.54) is 12.4 Å². The molecule has 2 N–H and O–H groups in total. The molecule has 0 aliphatic rings. The van der Waals surface area contributed by atoms with Crippen LogP contribution in [-0.4, -0.2) is 23.0 Å². The predicted octanol–water partition coefficient (Wildman–Crippen LogP) is 4.44. The smallest absolute Gasteiger partial charge is 0.275 e. The second-order valence-electron chi connectivity index (χ2n) is 5.58. The Morgan fingerprint density at radius 2 is 1.96 bits per heavy atom. The molecule has 0 aliphatic heterocycles. The maximum absolute atomic E-state index is 12.4. The summed E-state index contributed by atoms with van der Waals surface area (Å²) < 4.78 is 5.26. The van der Waals surface area contributed by atoms with Crippen molar-refractivity contribution >= 4 is 34.7 Å². The first-order chi connectivity index (χ1) is 12.5. The Balaban J connectivity index is 1.72. The Kier molecular flexibility index (Phi) is 5.34. The zero-order valence-corrected chi connectivity index (χ0v) is 15.0. The van der Waals surface area contributed by atoms with E-state index in [-0.39, 0.29) is 11.6 Å². The number of aromatic nitrogens is 2. The summed E-state index contributed by atoms with van der Waals surface area (Å²) in [6, 6.07) is 12.8. The summed E-state index contributed by atoms with van der Waals surface area (Å²) in [5.74, 6) is 0.726. The van der Waals surface area contributed by atoms with E-state index < -0.39 is 0 Å². The fourth-order valence-electron chi connectivity index (χ4n) is 2.33. The average molecular weight is 369 g/mol. The van der Waals surface area contributed by atoms with Crippen molar-refractivity contribution in [3.63, 3.8) is 0 Å². The summed E-state index contributed by atoms with van der Waals surface area (Å²) in [4.78, 5) is 20.8. The molecule has 0 saturated carbocycles. The van der Waals surface area contributed by atoms with E-state index in [1.807, 2.05) is 31.2 Å². The second-order valence-corrected chi connectivity index (χ2v) is 6.02. The van der Waals surface area contributed by atoms with Gasteiger partial charge in [-0.2, -0.15) is 0 Å². The molecule has 7 heteroatoms. The normalized spacial score (nSPS) is 10.3. The lowest BCUT2D eigenvalue weighted by atomic mass is 10.2. The Labute approximate surface area is 156 Å². The van der Waals surface area contributed by atoms with E-state index in [4.69, 9.17) is 16.3 Å². The standard InChI is InChI=1S/C19H17ClN4O2/c1-12-6-7-17(26-2)15(8-12)24-19(25)16-10-22-18(11-21-16)23-14-5-3-4-13(20)9-14/h3-11H,1-2H3,(H,22,23)(H,24,25). The van der Waals surface area contributed by atoms with Crippen LogP contribution in [-0.2, 0) is 0 Å². The summed E-state index contributed by atoms with van der Waals surface area (Å²) in [6.45, 7) is 1.94. The lowest BCUT2D eigenvalue weighted by molar-refractivity contribution is 0.102. The SMILES string of the molecule is COc1ccc(C)cc1NC(=O)c1cnc(Nc2cccc(Cl)c2)cn1. The van der Waals surface area contributed by atoms with Gasteiger partial charge >= 0.3 is 0 Å². The molecule has 0 spiro atoms. The highest BCUT2D eigenvalue weighted by molar-refractivity contribution is 6.30. The number of halogens is 1. The molecule has 0 unspecified atom stereocenters. The summed E-state index contributed by atoms with van der Waals surface area (Å²) in [5.41, 5.74) is 2.58. The van der Waals surface area contributed by atoms with Crippen LogP contribution in [0.4, 0.5) is 17.2 Å². The molecule has 26 heavy (non-hydrogen) atoms. The third-order valence-electron chi connectivity index (χ3n) is 3.58. The number of ether oxygens (including phenoxy) is 1. The molecule has 1 heterocycles. The van der Waals surface area contributed by atoms with Gasteiger partial charge in [0.2, 0.25) is 0 Å². The molecule has 3 rings (SSSR count). The Morgan fingerprint density at radius 3 is 2.65 bits per heavy atom. The Morgan fingerprint density at radius 1 is 1.12 bits per heavy atom. The number of methoxy groups -OCH3 is 1. The third-order valence-corrected chi connectivity index (χ3v) is 3.82. The zero-order chi connectivity index (χ0) is 18.5. The number of carbonyl (C=O) groups excluding carboxylic acids is 1. The minimum Gasteiger partial charge on any atom is -0.495 e. The molecule has 0 aliphatic carbocycles. The van der Waals surface area contributed by atoms with E-state index in [2.05, 4.69) is 20.6 Å². The van der Waals surface area contributed by atoms with Crippen LogP contribution in [0.3, 0.4) is 0 Å². The summed E-state index contributed by atoms with van der Waals surface area (Å²) >= 11 is 5.95. The number of hydrogen-bond donors (Lipinski definition) is 2. The molecule has 2 aromatic carbocycles. The van der Waals surface area contributed by atoms with Crippen LogP contribution >= 0.6 is 11.6 Å². The largest absolute Gasteiger partial charge is 0.495 e. The van der Waals surface area contributed by atoms with E-state index in [0.717, 1.165) is 11.3 Å². The molecular weight excluding hydrogens is 352 g/mol. The molecule has 0 radical (unpaired) electrons. The van der Waals surface area contributed by atoms with Crippen LogP contribution in [0.15, 0.2) is 54.9 Å². The van der Waals surface area contributed by atoms with Crippen LogP contribution in [0.2, 0.25) is 5.02 Å². The number of benzene rings is 2. The van der Waals surface area contributed by atoms with Crippen molar-refractivity contribution in [2.45, 2.75) is 6.92 Å². The highest BCUT2D eigenvalue weighted by Gasteiger charge is 2.12. The van der Waals surface area contributed by atoms with Gasteiger partial charge in [0.25, 0.3) is 5.91 Å². The van der Waals surface area contributed by atoms with E-state index >= 15 is 0 Å². The molecule has 0 fully saturated rings. The van der Waals surface area contributed by atoms with Crippen molar-refractivity contribution in [3.05, 3.63) is 71.1 Å². The third kappa shape index (κ3) is 4.29. The Hall–Kier alpha value is -3.12. The average Bonchev–Trinajstić information content (AvgIpc) is 2.62. The first-order valence-electron chi connectivity index (χ1n) is 7.86. The van der Waals surface area contributed by atoms with Gasteiger partial charge in [0.05, 0.1) is 25.2 Å². The monoisotopic (exact) mass is 368 g/mol. The fourth-order valence-corrected chi connectivity index (χ4v) is 2.52. The van der Waals surface area contributed by atoms with Gasteiger partial charge in [-0.3, -0.25) is 4.79 Å². The first-order valence-corrected chi connectivity index (χ1v) is 8.23. The number of aryl methyl sites for hydroxylation is 1. The minimum absolute atomic E-state index is 0.199. The summed E-state index contributed by atoms with van der Waals surface area (Å²) in [7, 11) is 1.55. The van der Waals surface area contributed by atoms with E-state index in [1.54, 1.807) is 25.3 Å². The number of anilines is 3. The van der Waals surface area contributed by atoms with E-state index in [0.29, 0.717) is 22.3 Å². The van der Waals surface area contributed by atoms with E-state index in [9.17, 15) is 4.79 Å². The molecule has 1 aromatic heterocycles. The number of nitrogens with one attached hydrogen (secondary N) is 2. The number of rotatable bonds is 5. The van der Waals surface area contributed by atoms with Crippen LogP contribution in [0.1, 0.15) is 16.1 Å². The van der Waals surface area contributed by atoms with Gasteiger partial charge in [-0.25, -0.2) is 9.97 Å². The highest BCUT2D eigenvalue weighted by Crippen LogP contribution is 2.25. The van der Waals surface area contributed by atoms with Crippen LogP contribution in [0.25, 0.3) is 0 Å². The quantitative estimate of drug-likeness (QED) is 0.696. The molecule has 132 valence electrons. The van der Waals surface area contributed by atoms with Gasteiger partial charge in [-0.15, -0.1) is 0 Å². The number of amides is 1. The van der Waals surface area contributed by atoms with Gasteiger partial charge in [0.15, 0.2) is 0 Å². The highest BCUT2D eigenvalue weighted by atomic mass is 35.5. The zero-order valence-electron chi connectivity index (χ0n) is 14.3. The van der Waals surface area contributed by atoms with Gasteiger partial charge in [-0.1, -0.05) is 23.7 Å². The van der Waals surface area contributed by atoms with Crippen molar-refractivity contribution < 1.29 is 9.53 Å². The van der Waals surface area contributed by atoms with Gasteiger partial charge < -0.3 is 15.4 Å². The lowest BCUT2D eigenvalue weighted by Crippen LogP contribution is -2.15. The molecule has 1 amide bonds. The predicted molar refractivity (Wildman–Crippen MR) is 102 cm³/mol. The van der Waals surface area contributed by atoms with Crippen LogP contribution in [0.5, 0.6) is 5.75 Å². The second kappa shape index (κ2) is 7.84. The van der Waals surface area contributed by atoms with Gasteiger partial charge in [0.1, 0.15) is 17.3 Å². The van der Waals surface area contributed by atoms with Crippen molar-refractivity contribution in [1.29, 1.82) is 0 Å². The molecular formula is C19H17ClN4O2. The van der Waals surface area contributed by atoms with Crippen molar-refractivity contribution in [2.24, 2.45) is 0 Å². The molecule has 0 bridgehead atoms. The fraction of sp³-hybridized carbons (Fsp3) is 0.105. The molecule has 0 saturated heterocycles. The van der Waals surface area contributed by atoms with Crippen molar-refractivity contribution in [3.8, 4) is 5.75 Å². The van der Waals surface area contributed by atoms with Crippen LogP contribution < -0.4 is 15.4 Å². The number of hydrogen-bond acceptors (Lipinski definition) is 5. The van der Waals surface area contributed by atoms with Crippen molar-refractivity contribution in [1.82, 2.24) is 9.97 Å². The minimum atomic E-state index is -0.365. The maximum atomic E-state index is 12.4. The molecule has 0 atom stereocenters. The van der Waals surface area contributed by atoms with Crippen LogP contribution in [0, 0.1) is 6.92 Å². The Bertz CT molecular complexity index is 929. The van der Waals surface area contributed by atoms with Crippen molar-refractivity contribution in [2.75, 3.05) is 17.7 Å². The maximum Gasteiger partial charge on any atom is 0.275 e. The van der Waals surface area contributed by atoms with Gasteiger partial charge in [-0.05, 0) is 42.8 Å². The number of carbonyl (C=O) groups is 1. The van der Waals surface area contributed by atoms with Gasteiger partial charge in [0, 0.05) is 10.7 Å². The summed E-state index contributed by atoms with van der Waals surface area (Å²) in [5, 5.41) is 6.48.